The molecule has 2 nitrogen and oxygen atoms in total. The van der Waals surface area contributed by atoms with Crippen LogP contribution in [0.15, 0.2) is 73.1 Å². The molecule has 0 N–H and O–H groups in total. The molecular formula is C17H14Cl2N2Ti-2. The molecule has 0 spiro atoms. The van der Waals surface area contributed by atoms with Crippen molar-refractivity contribution in [3.8, 4) is 5.69 Å². The minimum Gasteiger partial charge on any atom is -0.260 e. The van der Waals surface area contributed by atoms with Gasteiger partial charge in [-0.3, -0.25) is 10.8 Å². The van der Waals surface area contributed by atoms with E-state index in [1.807, 2.05) is 29.1 Å². The van der Waals surface area contributed by atoms with Crippen molar-refractivity contribution in [2.24, 2.45) is 0 Å². The Balaban J connectivity index is 0.000000184. The second-order valence-corrected chi connectivity index (χ2v) is 6.95. The summed E-state index contributed by atoms with van der Waals surface area (Å²) in [5.74, 6) is 0. The molecule has 2 aromatic carbocycles. The number of hydrogen-bond donors (Lipinski definition) is 0. The summed E-state index contributed by atoms with van der Waals surface area (Å²) in [6.45, 7) is 0. The number of rotatable bonds is 1. The van der Waals surface area contributed by atoms with Crippen LogP contribution in [0.3, 0.4) is 0 Å². The number of hydrogen-bond acceptors (Lipinski definition) is 1. The fourth-order valence-electron chi connectivity index (χ4n) is 2.03. The molecule has 1 aliphatic carbocycles. The summed E-state index contributed by atoms with van der Waals surface area (Å²) in [5, 5.41) is 6.72. The van der Waals surface area contributed by atoms with E-state index in [4.69, 9.17) is 18.6 Å². The smallest absolute Gasteiger partial charge is 0.0493 e. The van der Waals surface area contributed by atoms with E-state index in [1.165, 1.54) is 10.8 Å². The predicted octanol–water partition coefficient (Wildman–Crippen LogP) is 5.43. The fraction of sp³-hybridized carbons (Fsp3) is 0.0588. The van der Waals surface area contributed by atoms with E-state index in [-0.39, 0.29) is 0 Å². The minimum atomic E-state index is -0.556. The number of benzene rings is 1. The summed E-state index contributed by atoms with van der Waals surface area (Å²) in [5.41, 5.74) is 1.12. The van der Waals surface area contributed by atoms with Crippen LogP contribution in [0.5, 0.6) is 0 Å². The molecule has 0 bridgehead atoms. The van der Waals surface area contributed by atoms with Gasteiger partial charge in [0.2, 0.25) is 0 Å². The van der Waals surface area contributed by atoms with Crippen LogP contribution in [0, 0.1) is 6.08 Å². The summed E-state index contributed by atoms with van der Waals surface area (Å²) >= 11 is -0.556. The van der Waals surface area contributed by atoms with Crippen LogP contribution in [0.25, 0.3) is 16.5 Å². The molecule has 1 heterocycles. The van der Waals surface area contributed by atoms with Crippen LogP contribution < -0.4 is 0 Å². The maximum atomic E-state index is 4.89. The van der Waals surface area contributed by atoms with Crippen LogP contribution in [0.1, 0.15) is 6.42 Å². The van der Waals surface area contributed by atoms with E-state index in [0.717, 1.165) is 12.1 Å². The first-order valence-corrected chi connectivity index (χ1v) is 11.0. The van der Waals surface area contributed by atoms with Crippen molar-refractivity contribution in [2.75, 3.05) is 0 Å². The van der Waals surface area contributed by atoms with Crippen molar-refractivity contribution in [1.29, 1.82) is 0 Å². The van der Waals surface area contributed by atoms with Gasteiger partial charge in [0.05, 0.1) is 0 Å². The molecule has 0 saturated carbocycles. The number of fused-ring (bicyclic) bond motifs is 1. The van der Waals surface area contributed by atoms with Gasteiger partial charge >= 0.3 is 35.6 Å². The molecular weight excluding hydrogens is 351 g/mol. The minimum absolute atomic E-state index is 0.556. The van der Waals surface area contributed by atoms with E-state index < -0.39 is 17.0 Å². The van der Waals surface area contributed by atoms with E-state index in [9.17, 15) is 0 Å². The average molecular weight is 365 g/mol. The molecule has 0 fully saturated rings. The summed E-state index contributed by atoms with van der Waals surface area (Å²) in [7, 11) is 9.78. The van der Waals surface area contributed by atoms with Crippen LogP contribution in [-0.4, -0.2) is 9.78 Å². The molecule has 112 valence electrons. The first-order chi connectivity index (χ1) is 10.8. The van der Waals surface area contributed by atoms with Crippen molar-refractivity contribution >= 4 is 29.4 Å². The third-order valence-corrected chi connectivity index (χ3v) is 2.96. The molecule has 22 heavy (non-hydrogen) atoms. The van der Waals surface area contributed by atoms with Crippen LogP contribution in [0.2, 0.25) is 0 Å². The maximum absolute atomic E-state index is 4.89. The second kappa shape index (κ2) is 9.75. The van der Waals surface area contributed by atoms with Gasteiger partial charge < -0.3 is 0 Å². The zero-order chi connectivity index (χ0) is 15.6. The quantitative estimate of drug-likeness (QED) is 0.416. The Bertz CT molecular complexity index is 687. The van der Waals surface area contributed by atoms with Crippen molar-refractivity contribution in [3.05, 3.63) is 79.2 Å². The fourth-order valence-corrected chi connectivity index (χ4v) is 2.03. The molecule has 0 saturated heterocycles. The van der Waals surface area contributed by atoms with Crippen molar-refractivity contribution in [1.82, 2.24) is 9.78 Å². The zero-order valence-electron chi connectivity index (χ0n) is 11.8. The molecule has 0 atom stereocenters. The molecule has 1 aliphatic rings. The Morgan fingerprint density at radius 2 is 2.05 bits per heavy atom. The standard InChI is InChI=1S/C12H9N2.C5H5.2ClH.Ti/c1-2-5-11-9-12(8-10(11)4-1)14-7-3-6-13-14;1-2-4-5-3-1;;;/h1-9H;1-3H,4H2;2*1H;/q2*-1;;;+2/p-2. The summed E-state index contributed by atoms with van der Waals surface area (Å²) in [6, 6.07) is 14.5. The Morgan fingerprint density at radius 3 is 2.59 bits per heavy atom. The van der Waals surface area contributed by atoms with Crippen molar-refractivity contribution in [3.63, 3.8) is 0 Å². The van der Waals surface area contributed by atoms with Gasteiger partial charge in [0.15, 0.2) is 0 Å². The van der Waals surface area contributed by atoms with Crippen LogP contribution in [0.4, 0.5) is 0 Å². The van der Waals surface area contributed by atoms with Gasteiger partial charge in [0.1, 0.15) is 0 Å². The summed E-state index contributed by atoms with van der Waals surface area (Å²) in [4.78, 5) is 0. The Morgan fingerprint density at radius 1 is 1.23 bits per heavy atom. The van der Waals surface area contributed by atoms with E-state index in [1.54, 1.807) is 6.20 Å². The van der Waals surface area contributed by atoms with E-state index >= 15 is 0 Å². The topological polar surface area (TPSA) is 17.8 Å². The number of allylic oxidation sites excluding steroid dienone is 4. The van der Waals surface area contributed by atoms with Gasteiger partial charge in [-0.1, -0.05) is 6.07 Å². The Hall–Kier alpha value is -1.19. The molecule has 1 aromatic heterocycles. The number of nitrogens with zero attached hydrogens (tertiary/aromatic N) is 2. The Labute approximate surface area is 147 Å². The average Bonchev–Trinajstić information content (AvgIpc) is 3.29. The molecule has 5 heteroatoms. The number of halogens is 2. The van der Waals surface area contributed by atoms with Gasteiger partial charge in [-0.2, -0.15) is 11.2 Å². The molecule has 4 rings (SSSR count). The van der Waals surface area contributed by atoms with Crippen molar-refractivity contribution in [2.45, 2.75) is 6.42 Å². The first kappa shape index (κ1) is 17.2. The van der Waals surface area contributed by atoms with E-state index in [2.05, 4.69) is 53.6 Å². The Kier molecular flexibility index (Phi) is 7.61. The zero-order valence-corrected chi connectivity index (χ0v) is 14.9. The SMILES string of the molecule is [C-]1=CC=CC1.[Cl][Ti][Cl].c1ccc2[cH-]c(-n3cccn3)cc2c1. The third kappa shape index (κ3) is 5.22. The predicted molar refractivity (Wildman–Crippen MR) is 89.9 cm³/mol. The van der Waals surface area contributed by atoms with Gasteiger partial charge in [0.25, 0.3) is 0 Å². The molecule has 3 aromatic rings. The first-order valence-electron chi connectivity index (χ1n) is 6.68. The van der Waals surface area contributed by atoms with Crippen LogP contribution in [-0.2, 0) is 17.0 Å². The van der Waals surface area contributed by atoms with E-state index in [0.29, 0.717) is 0 Å². The van der Waals surface area contributed by atoms with Gasteiger partial charge in [-0.05, 0) is 11.8 Å². The molecule has 0 unspecified atom stereocenters. The molecule has 0 aliphatic heterocycles. The maximum Gasteiger partial charge on any atom is 0.0493 e. The largest absolute Gasteiger partial charge is 0.260 e. The van der Waals surface area contributed by atoms with Gasteiger partial charge in [-0.25, -0.2) is 12.2 Å². The number of aromatic nitrogens is 2. The van der Waals surface area contributed by atoms with Crippen molar-refractivity contribution < 1.29 is 17.0 Å². The summed E-state index contributed by atoms with van der Waals surface area (Å²) < 4.78 is 1.88. The van der Waals surface area contributed by atoms with Gasteiger partial charge in [-0.15, -0.1) is 47.5 Å². The normalized spacial score (nSPS) is 11.5. The van der Waals surface area contributed by atoms with Gasteiger partial charge in [0, 0.05) is 12.4 Å². The third-order valence-electron chi connectivity index (χ3n) is 2.96. The second-order valence-electron chi connectivity index (χ2n) is 4.37. The monoisotopic (exact) mass is 364 g/mol. The van der Waals surface area contributed by atoms with Crippen LogP contribution >= 0.6 is 18.6 Å². The molecule has 0 amide bonds. The summed E-state index contributed by atoms with van der Waals surface area (Å²) in [6.07, 6.45) is 13.7. The molecule has 0 radical (unpaired) electrons.